The van der Waals surface area contributed by atoms with E-state index in [0.29, 0.717) is 18.2 Å². The second-order valence-electron chi connectivity index (χ2n) is 4.13. The van der Waals surface area contributed by atoms with Crippen molar-refractivity contribution >= 4 is 17.5 Å². The summed E-state index contributed by atoms with van der Waals surface area (Å²) in [6, 6.07) is 11.0. The van der Waals surface area contributed by atoms with Crippen LogP contribution < -0.4 is 10.2 Å². The molecule has 0 radical (unpaired) electrons. The molecular formula is C15H16N4O. The van der Waals surface area contributed by atoms with E-state index in [1.54, 1.807) is 30.3 Å². The van der Waals surface area contributed by atoms with Gasteiger partial charge < -0.3 is 10.2 Å². The van der Waals surface area contributed by atoms with Crippen molar-refractivity contribution in [3.63, 3.8) is 0 Å². The maximum Gasteiger partial charge on any atom is 0.276 e. The Labute approximate surface area is 118 Å². The standard InChI is InChI=1S/C15H16N4O/c1-3-10-16-15-17-11-9-13(18-15)14(20)19(2)12-7-5-4-6-8-12/h3-9,11H,1,10H2,2H3,(H,16,17,18). The number of aromatic nitrogens is 2. The van der Waals surface area contributed by atoms with Crippen molar-refractivity contribution in [1.82, 2.24) is 9.97 Å². The molecule has 0 unspecified atom stereocenters. The first-order valence-electron chi connectivity index (χ1n) is 6.23. The smallest absolute Gasteiger partial charge is 0.276 e. The monoisotopic (exact) mass is 268 g/mol. The van der Waals surface area contributed by atoms with Gasteiger partial charge in [0.2, 0.25) is 5.95 Å². The molecule has 20 heavy (non-hydrogen) atoms. The van der Waals surface area contributed by atoms with Crippen LogP contribution in [0.25, 0.3) is 0 Å². The lowest BCUT2D eigenvalue weighted by Crippen LogP contribution is -2.27. The second kappa shape index (κ2) is 6.47. The normalized spacial score (nSPS) is 9.85. The Morgan fingerprint density at radius 3 is 2.80 bits per heavy atom. The predicted octanol–water partition coefficient (Wildman–Crippen LogP) is 2.35. The van der Waals surface area contributed by atoms with E-state index in [1.165, 1.54) is 0 Å². The SMILES string of the molecule is C=CCNc1nccc(C(=O)N(C)c2ccccc2)n1. The van der Waals surface area contributed by atoms with Crippen LogP contribution in [-0.4, -0.2) is 29.5 Å². The van der Waals surface area contributed by atoms with Gasteiger partial charge in [0.1, 0.15) is 5.69 Å². The van der Waals surface area contributed by atoms with E-state index < -0.39 is 0 Å². The summed E-state index contributed by atoms with van der Waals surface area (Å²) in [5.74, 6) is 0.234. The van der Waals surface area contributed by atoms with Crippen molar-refractivity contribution in [3.05, 3.63) is 60.9 Å². The van der Waals surface area contributed by atoms with E-state index in [0.717, 1.165) is 5.69 Å². The van der Waals surface area contributed by atoms with Crippen LogP contribution in [0.1, 0.15) is 10.5 Å². The van der Waals surface area contributed by atoms with E-state index in [9.17, 15) is 4.79 Å². The maximum absolute atomic E-state index is 12.4. The molecule has 0 aliphatic carbocycles. The van der Waals surface area contributed by atoms with Crippen LogP contribution in [-0.2, 0) is 0 Å². The van der Waals surface area contributed by atoms with Gasteiger partial charge in [-0.3, -0.25) is 4.79 Å². The lowest BCUT2D eigenvalue weighted by molar-refractivity contribution is 0.0988. The van der Waals surface area contributed by atoms with Gasteiger partial charge in [-0.25, -0.2) is 9.97 Å². The molecule has 5 nitrogen and oxygen atoms in total. The number of nitrogens with zero attached hydrogens (tertiary/aromatic N) is 3. The number of carbonyl (C=O) groups is 1. The summed E-state index contributed by atoms with van der Waals surface area (Å²) >= 11 is 0. The highest BCUT2D eigenvalue weighted by Crippen LogP contribution is 2.14. The van der Waals surface area contributed by atoms with Gasteiger partial charge in [-0.1, -0.05) is 24.3 Å². The molecule has 0 saturated carbocycles. The number of para-hydroxylation sites is 1. The van der Waals surface area contributed by atoms with Gasteiger partial charge in [-0.15, -0.1) is 6.58 Å². The molecule has 0 aliphatic rings. The van der Waals surface area contributed by atoms with Gasteiger partial charge in [-0.2, -0.15) is 0 Å². The molecule has 1 amide bonds. The van der Waals surface area contributed by atoms with Gasteiger partial charge in [0, 0.05) is 25.5 Å². The van der Waals surface area contributed by atoms with Crippen LogP contribution in [0.2, 0.25) is 0 Å². The van der Waals surface area contributed by atoms with E-state index in [1.807, 2.05) is 30.3 Å². The molecule has 0 bridgehead atoms. The number of hydrogen-bond donors (Lipinski definition) is 1. The Kier molecular flexibility index (Phi) is 4.44. The van der Waals surface area contributed by atoms with Gasteiger partial charge in [-0.05, 0) is 18.2 Å². The summed E-state index contributed by atoms with van der Waals surface area (Å²) in [4.78, 5) is 22.2. The average Bonchev–Trinajstić information content (AvgIpc) is 2.52. The van der Waals surface area contributed by atoms with Crippen LogP contribution in [0.4, 0.5) is 11.6 Å². The second-order valence-corrected chi connectivity index (χ2v) is 4.13. The fourth-order valence-corrected chi connectivity index (χ4v) is 1.67. The third-order valence-electron chi connectivity index (χ3n) is 2.73. The first-order chi connectivity index (χ1) is 9.72. The first-order valence-corrected chi connectivity index (χ1v) is 6.23. The molecule has 1 N–H and O–H groups in total. The van der Waals surface area contributed by atoms with Crippen molar-refractivity contribution in [2.45, 2.75) is 0 Å². The molecule has 5 heteroatoms. The molecule has 1 aromatic heterocycles. The molecular weight excluding hydrogens is 252 g/mol. The number of benzene rings is 1. The van der Waals surface area contributed by atoms with Crippen LogP contribution in [0.3, 0.4) is 0 Å². The van der Waals surface area contributed by atoms with E-state index in [2.05, 4.69) is 21.9 Å². The summed E-state index contributed by atoms with van der Waals surface area (Å²) in [7, 11) is 1.72. The lowest BCUT2D eigenvalue weighted by Gasteiger charge is -2.16. The Morgan fingerprint density at radius 1 is 1.35 bits per heavy atom. The maximum atomic E-state index is 12.4. The molecule has 2 aromatic rings. The minimum atomic E-state index is -0.180. The third kappa shape index (κ3) is 3.20. The van der Waals surface area contributed by atoms with E-state index in [-0.39, 0.29) is 5.91 Å². The molecule has 0 saturated heterocycles. The highest BCUT2D eigenvalue weighted by Gasteiger charge is 2.15. The molecule has 2 rings (SSSR count). The van der Waals surface area contributed by atoms with Gasteiger partial charge >= 0.3 is 0 Å². The zero-order chi connectivity index (χ0) is 14.4. The molecule has 0 fully saturated rings. The predicted molar refractivity (Wildman–Crippen MR) is 79.9 cm³/mol. The third-order valence-corrected chi connectivity index (χ3v) is 2.73. The molecule has 1 aromatic carbocycles. The van der Waals surface area contributed by atoms with Crippen molar-refractivity contribution in [3.8, 4) is 0 Å². The number of amides is 1. The summed E-state index contributed by atoms with van der Waals surface area (Å²) < 4.78 is 0. The van der Waals surface area contributed by atoms with E-state index in [4.69, 9.17) is 0 Å². The highest BCUT2D eigenvalue weighted by molar-refractivity contribution is 6.04. The topological polar surface area (TPSA) is 58.1 Å². The fraction of sp³-hybridized carbons (Fsp3) is 0.133. The minimum absolute atomic E-state index is 0.180. The Balaban J connectivity index is 2.18. The molecule has 0 atom stereocenters. The average molecular weight is 268 g/mol. The molecule has 0 aliphatic heterocycles. The van der Waals surface area contributed by atoms with Crippen molar-refractivity contribution in [1.29, 1.82) is 0 Å². The minimum Gasteiger partial charge on any atom is -0.351 e. The van der Waals surface area contributed by atoms with Gasteiger partial charge in [0.05, 0.1) is 0 Å². The van der Waals surface area contributed by atoms with Crippen LogP contribution in [0.5, 0.6) is 0 Å². The van der Waals surface area contributed by atoms with Crippen molar-refractivity contribution in [2.24, 2.45) is 0 Å². The zero-order valence-corrected chi connectivity index (χ0v) is 11.3. The largest absolute Gasteiger partial charge is 0.351 e. The van der Waals surface area contributed by atoms with Gasteiger partial charge in [0.25, 0.3) is 5.91 Å². The molecule has 102 valence electrons. The number of carbonyl (C=O) groups excluding carboxylic acids is 1. The number of rotatable bonds is 5. The number of anilines is 2. The Morgan fingerprint density at radius 2 is 2.10 bits per heavy atom. The lowest BCUT2D eigenvalue weighted by atomic mass is 10.2. The number of nitrogens with one attached hydrogen (secondary N) is 1. The van der Waals surface area contributed by atoms with Crippen LogP contribution in [0.15, 0.2) is 55.3 Å². The summed E-state index contributed by atoms with van der Waals surface area (Å²) in [6.45, 7) is 4.16. The summed E-state index contributed by atoms with van der Waals surface area (Å²) in [5.41, 5.74) is 1.16. The molecule has 1 heterocycles. The van der Waals surface area contributed by atoms with Crippen LogP contribution in [0, 0.1) is 0 Å². The summed E-state index contributed by atoms with van der Waals surface area (Å²) in [6.07, 6.45) is 3.26. The van der Waals surface area contributed by atoms with E-state index >= 15 is 0 Å². The zero-order valence-electron chi connectivity index (χ0n) is 11.3. The molecule has 0 spiro atoms. The fourth-order valence-electron chi connectivity index (χ4n) is 1.67. The van der Waals surface area contributed by atoms with Gasteiger partial charge in [0.15, 0.2) is 0 Å². The summed E-state index contributed by atoms with van der Waals surface area (Å²) in [5, 5.41) is 2.96. The quantitative estimate of drug-likeness (QED) is 0.846. The number of hydrogen-bond acceptors (Lipinski definition) is 4. The van der Waals surface area contributed by atoms with Crippen molar-refractivity contribution in [2.75, 3.05) is 23.8 Å². The Hall–Kier alpha value is -2.69. The highest BCUT2D eigenvalue weighted by atomic mass is 16.2. The first kappa shape index (κ1) is 13.7. The Bertz CT molecular complexity index is 598. The van der Waals surface area contributed by atoms with Crippen LogP contribution >= 0.6 is 0 Å². The van der Waals surface area contributed by atoms with Crippen molar-refractivity contribution < 1.29 is 4.79 Å².